The summed E-state index contributed by atoms with van der Waals surface area (Å²) in [5, 5.41) is 0. The Morgan fingerprint density at radius 1 is 1.04 bits per heavy atom. The molecule has 4 rings (SSSR count). The van der Waals surface area contributed by atoms with Crippen LogP contribution in [0.25, 0.3) is 5.57 Å². The van der Waals surface area contributed by atoms with E-state index in [2.05, 4.69) is 54.4 Å². The molecule has 3 heteroatoms. The highest BCUT2D eigenvalue weighted by molar-refractivity contribution is 5.85. The van der Waals surface area contributed by atoms with Crippen molar-refractivity contribution in [2.24, 2.45) is 0 Å². The summed E-state index contributed by atoms with van der Waals surface area (Å²) in [6, 6.07) is 16.8. The van der Waals surface area contributed by atoms with E-state index in [0.717, 1.165) is 31.0 Å². The van der Waals surface area contributed by atoms with Crippen molar-refractivity contribution in [3.8, 4) is 5.75 Å². The van der Waals surface area contributed by atoms with Crippen molar-refractivity contribution < 1.29 is 9.47 Å². The number of hydrogen-bond acceptors (Lipinski definition) is 3. The summed E-state index contributed by atoms with van der Waals surface area (Å²) in [6.07, 6.45) is 2.38. The van der Waals surface area contributed by atoms with Gasteiger partial charge in [0.2, 0.25) is 0 Å². The van der Waals surface area contributed by atoms with Gasteiger partial charge >= 0.3 is 0 Å². The molecule has 2 heterocycles. The summed E-state index contributed by atoms with van der Waals surface area (Å²) in [5.41, 5.74) is 4.83. The maximum atomic E-state index is 6.02. The fourth-order valence-corrected chi connectivity index (χ4v) is 3.30. The van der Waals surface area contributed by atoms with Gasteiger partial charge < -0.3 is 14.4 Å². The van der Waals surface area contributed by atoms with Crippen LogP contribution in [0.2, 0.25) is 0 Å². The van der Waals surface area contributed by atoms with Crippen LogP contribution in [0.4, 0.5) is 0 Å². The van der Waals surface area contributed by atoms with Crippen LogP contribution in [-0.4, -0.2) is 37.7 Å². The highest BCUT2D eigenvalue weighted by Gasteiger charge is 2.22. The minimum absolute atomic E-state index is 0.114. The molecule has 2 aromatic rings. The van der Waals surface area contributed by atoms with E-state index < -0.39 is 0 Å². The number of fused-ring (bicyclic) bond motifs is 2. The van der Waals surface area contributed by atoms with Gasteiger partial charge in [-0.15, -0.1) is 0 Å². The number of benzene rings is 2. The molecular formula is C20H21NO2. The maximum absolute atomic E-state index is 6.02. The zero-order valence-electron chi connectivity index (χ0n) is 13.4. The van der Waals surface area contributed by atoms with Crippen molar-refractivity contribution in [3.05, 3.63) is 71.3 Å². The fourth-order valence-electron chi connectivity index (χ4n) is 3.30. The molecule has 23 heavy (non-hydrogen) atoms. The Morgan fingerprint density at radius 2 is 1.83 bits per heavy atom. The normalized spacial score (nSPS) is 22.8. The number of para-hydroxylation sites is 1. The van der Waals surface area contributed by atoms with E-state index in [0.29, 0.717) is 6.61 Å². The molecule has 0 aromatic heterocycles. The topological polar surface area (TPSA) is 21.7 Å². The second-order valence-corrected chi connectivity index (χ2v) is 6.19. The highest BCUT2D eigenvalue weighted by atomic mass is 16.5. The Hall–Kier alpha value is -2.10. The molecule has 2 aliphatic heterocycles. The third kappa shape index (κ3) is 2.90. The lowest BCUT2D eigenvalue weighted by atomic mass is 9.93. The number of nitrogens with zero attached hydrogens (tertiary/aromatic N) is 1. The lowest BCUT2D eigenvalue weighted by Crippen LogP contribution is -2.39. The van der Waals surface area contributed by atoms with Crippen molar-refractivity contribution >= 4 is 5.57 Å². The second-order valence-electron chi connectivity index (χ2n) is 6.19. The summed E-state index contributed by atoms with van der Waals surface area (Å²) >= 11 is 0. The Labute approximate surface area is 137 Å². The molecule has 3 nitrogen and oxygen atoms in total. The quantitative estimate of drug-likeness (QED) is 0.806. The number of hydrogen-bond donors (Lipinski definition) is 0. The first-order valence-electron chi connectivity index (χ1n) is 8.14. The van der Waals surface area contributed by atoms with Crippen molar-refractivity contribution in [1.29, 1.82) is 0 Å². The minimum Gasteiger partial charge on any atom is -0.488 e. The van der Waals surface area contributed by atoms with E-state index in [-0.39, 0.29) is 6.10 Å². The number of ether oxygens (including phenoxy) is 2. The Bertz CT molecular complexity index is 688. The first kappa shape index (κ1) is 14.5. The fraction of sp³-hybridized carbons (Fsp3) is 0.300. The molecule has 0 amide bonds. The van der Waals surface area contributed by atoms with E-state index in [1.165, 1.54) is 16.7 Å². The van der Waals surface area contributed by atoms with Crippen LogP contribution in [0.15, 0.2) is 54.6 Å². The van der Waals surface area contributed by atoms with E-state index >= 15 is 0 Å². The summed E-state index contributed by atoms with van der Waals surface area (Å²) < 4.78 is 12.0. The third-order valence-corrected chi connectivity index (χ3v) is 4.52. The van der Waals surface area contributed by atoms with E-state index in [1.807, 2.05) is 12.1 Å². The molecule has 0 saturated carbocycles. The summed E-state index contributed by atoms with van der Waals surface area (Å²) in [7, 11) is 2.14. The van der Waals surface area contributed by atoms with Crippen LogP contribution in [0.3, 0.4) is 0 Å². The molecule has 0 aliphatic carbocycles. The van der Waals surface area contributed by atoms with E-state index in [9.17, 15) is 0 Å². The highest BCUT2D eigenvalue weighted by Crippen LogP contribution is 2.37. The molecule has 118 valence electrons. The lowest BCUT2D eigenvalue weighted by Gasteiger charge is -2.29. The first-order chi connectivity index (χ1) is 11.3. The zero-order chi connectivity index (χ0) is 15.6. The summed E-state index contributed by atoms with van der Waals surface area (Å²) in [6.45, 7) is 3.31. The SMILES string of the molecule is CN1CCOC(C=C2c3ccccc3COc3ccccc32)C1. The van der Waals surface area contributed by atoms with Crippen LogP contribution in [-0.2, 0) is 11.3 Å². The molecule has 0 radical (unpaired) electrons. The van der Waals surface area contributed by atoms with Crippen LogP contribution in [0.5, 0.6) is 5.75 Å². The van der Waals surface area contributed by atoms with E-state index in [1.54, 1.807) is 0 Å². The van der Waals surface area contributed by atoms with Gasteiger partial charge in [0.25, 0.3) is 0 Å². The van der Waals surface area contributed by atoms with Crippen molar-refractivity contribution in [1.82, 2.24) is 4.90 Å². The molecule has 0 N–H and O–H groups in total. The van der Waals surface area contributed by atoms with Crippen molar-refractivity contribution in [2.45, 2.75) is 12.7 Å². The Morgan fingerprint density at radius 3 is 2.70 bits per heavy atom. The van der Waals surface area contributed by atoms with Crippen LogP contribution in [0, 0.1) is 0 Å². The van der Waals surface area contributed by atoms with Crippen molar-refractivity contribution in [3.63, 3.8) is 0 Å². The van der Waals surface area contributed by atoms with Gasteiger partial charge in [0.1, 0.15) is 12.4 Å². The van der Waals surface area contributed by atoms with Gasteiger partial charge in [0.15, 0.2) is 0 Å². The Balaban J connectivity index is 1.83. The maximum Gasteiger partial charge on any atom is 0.127 e. The molecule has 0 spiro atoms. The lowest BCUT2D eigenvalue weighted by molar-refractivity contribution is 0.00724. The van der Waals surface area contributed by atoms with Gasteiger partial charge in [-0.3, -0.25) is 0 Å². The average molecular weight is 307 g/mol. The Kier molecular flexibility index (Phi) is 3.90. The predicted molar refractivity (Wildman–Crippen MR) is 91.5 cm³/mol. The molecule has 1 unspecified atom stereocenters. The smallest absolute Gasteiger partial charge is 0.127 e. The number of morpholine rings is 1. The van der Waals surface area contributed by atoms with Gasteiger partial charge in [-0.05, 0) is 35.9 Å². The van der Waals surface area contributed by atoms with Gasteiger partial charge in [0.05, 0.1) is 12.7 Å². The van der Waals surface area contributed by atoms with Gasteiger partial charge in [-0.25, -0.2) is 0 Å². The summed E-state index contributed by atoms with van der Waals surface area (Å²) in [4.78, 5) is 2.32. The molecule has 1 fully saturated rings. The summed E-state index contributed by atoms with van der Waals surface area (Å²) in [5.74, 6) is 0.944. The van der Waals surface area contributed by atoms with Crippen molar-refractivity contribution in [2.75, 3.05) is 26.7 Å². The standard InChI is InChI=1S/C20H21NO2/c1-21-10-11-22-16(13-21)12-19-17-7-3-2-6-15(17)14-23-20-9-5-4-8-18(19)20/h2-9,12,16H,10-11,13-14H2,1H3. The molecular weight excluding hydrogens is 286 g/mol. The predicted octanol–water partition coefficient (Wildman–Crippen LogP) is 3.34. The van der Waals surface area contributed by atoms with Gasteiger partial charge in [-0.1, -0.05) is 42.5 Å². The molecule has 0 bridgehead atoms. The monoisotopic (exact) mass is 307 g/mol. The molecule has 2 aliphatic rings. The molecule has 1 saturated heterocycles. The zero-order valence-corrected chi connectivity index (χ0v) is 13.4. The number of rotatable bonds is 1. The largest absolute Gasteiger partial charge is 0.488 e. The van der Waals surface area contributed by atoms with E-state index in [4.69, 9.17) is 9.47 Å². The average Bonchev–Trinajstić information content (AvgIpc) is 2.73. The minimum atomic E-state index is 0.114. The second kappa shape index (κ2) is 6.19. The van der Waals surface area contributed by atoms with Crippen LogP contribution >= 0.6 is 0 Å². The number of likely N-dealkylation sites (N-methyl/N-ethyl adjacent to an activating group) is 1. The third-order valence-electron chi connectivity index (χ3n) is 4.52. The molecule has 1 atom stereocenters. The first-order valence-corrected chi connectivity index (χ1v) is 8.14. The van der Waals surface area contributed by atoms with Crippen LogP contribution < -0.4 is 4.74 Å². The van der Waals surface area contributed by atoms with Gasteiger partial charge in [-0.2, -0.15) is 0 Å². The van der Waals surface area contributed by atoms with Crippen LogP contribution in [0.1, 0.15) is 16.7 Å². The van der Waals surface area contributed by atoms with Gasteiger partial charge in [0, 0.05) is 18.7 Å². The molecule has 2 aromatic carbocycles.